The van der Waals surface area contributed by atoms with Crippen LogP contribution in [0.1, 0.15) is 13.8 Å². The fraction of sp³-hybridized carbons (Fsp3) is 0.250. The molecule has 0 radical (unpaired) electrons. The van der Waals surface area contributed by atoms with Crippen LogP contribution in [0.15, 0.2) is 40.1 Å². The van der Waals surface area contributed by atoms with Crippen LogP contribution in [0.4, 0.5) is 0 Å². The van der Waals surface area contributed by atoms with Gasteiger partial charge in [-0.05, 0) is 38.1 Å². The van der Waals surface area contributed by atoms with Crippen molar-refractivity contribution in [3.8, 4) is 0 Å². The molecule has 0 aliphatic carbocycles. The number of carbonyl (C=O) groups excluding carboxylic acids is 1. The van der Waals surface area contributed by atoms with E-state index < -0.39 is 0 Å². The standard InChI is InChI=1S/C12H13ClO2S/c1-3-11(12(14)15-4-2)16-10-7-5-9(13)6-8-10/h3,5-8H,4H2,1-2H3/b11-3+. The molecule has 0 aliphatic rings. The van der Waals surface area contributed by atoms with Gasteiger partial charge in [-0.2, -0.15) is 0 Å². The zero-order chi connectivity index (χ0) is 12.0. The van der Waals surface area contributed by atoms with Crippen LogP contribution in [0, 0.1) is 0 Å². The maximum atomic E-state index is 11.5. The highest BCUT2D eigenvalue weighted by Gasteiger charge is 2.10. The molecule has 1 aromatic rings. The number of carbonyl (C=O) groups is 1. The number of hydrogen-bond acceptors (Lipinski definition) is 3. The topological polar surface area (TPSA) is 26.3 Å². The van der Waals surface area contributed by atoms with Crippen molar-refractivity contribution in [3.05, 3.63) is 40.3 Å². The molecule has 0 heterocycles. The molecule has 1 aromatic carbocycles. The Kier molecular flexibility index (Phi) is 5.43. The van der Waals surface area contributed by atoms with E-state index in [4.69, 9.17) is 16.3 Å². The average Bonchev–Trinajstić information content (AvgIpc) is 2.28. The van der Waals surface area contributed by atoms with Gasteiger partial charge >= 0.3 is 5.97 Å². The lowest BCUT2D eigenvalue weighted by atomic mass is 10.4. The molecule has 0 aliphatic heterocycles. The van der Waals surface area contributed by atoms with E-state index in [0.29, 0.717) is 16.5 Å². The van der Waals surface area contributed by atoms with Crippen LogP contribution >= 0.6 is 23.4 Å². The Balaban J connectivity index is 2.71. The van der Waals surface area contributed by atoms with Gasteiger partial charge in [0.1, 0.15) is 0 Å². The summed E-state index contributed by atoms with van der Waals surface area (Å²) in [6.07, 6.45) is 1.75. The second-order valence-corrected chi connectivity index (χ2v) is 4.48. The van der Waals surface area contributed by atoms with Gasteiger partial charge in [0.05, 0.1) is 11.5 Å². The first-order chi connectivity index (χ1) is 7.67. The summed E-state index contributed by atoms with van der Waals surface area (Å²) in [4.78, 5) is 13.1. The minimum absolute atomic E-state index is 0.287. The molecule has 0 fully saturated rings. The number of hydrogen-bond donors (Lipinski definition) is 0. The van der Waals surface area contributed by atoms with Crippen LogP contribution in [-0.2, 0) is 9.53 Å². The first-order valence-electron chi connectivity index (χ1n) is 4.94. The van der Waals surface area contributed by atoms with Gasteiger partial charge in [-0.25, -0.2) is 4.79 Å². The van der Waals surface area contributed by atoms with Crippen molar-refractivity contribution in [1.29, 1.82) is 0 Å². The monoisotopic (exact) mass is 256 g/mol. The van der Waals surface area contributed by atoms with Crippen LogP contribution in [0.3, 0.4) is 0 Å². The summed E-state index contributed by atoms with van der Waals surface area (Å²) in [7, 11) is 0. The summed E-state index contributed by atoms with van der Waals surface area (Å²) >= 11 is 7.15. The molecule has 0 unspecified atom stereocenters. The Morgan fingerprint density at radius 3 is 2.56 bits per heavy atom. The molecule has 4 heteroatoms. The van der Waals surface area contributed by atoms with Crippen LogP contribution in [0.5, 0.6) is 0 Å². The molecule has 1 rings (SSSR count). The Morgan fingerprint density at radius 2 is 2.06 bits per heavy atom. The smallest absolute Gasteiger partial charge is 0.344 e. The number of rotatable bonds is 4. The molecule has 0 amide bonds. The van der Waals surface area contributed by atoms with Gasteiger partial charge in [-0.15, -0.1) is 0 Å². The zero-order valence-electron chi connectivity index (χ0n) is 9.20. The quantitative estimate of drug-likeness (QED) is 0.464. The lowest BCUT2D eigenvalue weighted by Crippen LogP contribution is -2.04. The van der Waals surface area contributed by atoms with Crippen molar-refractivity contribution in [3.63, 3.8) is 0 Å². The normalized spacial score (nSPS) is 11.3. The maximum Gasteiger partial charge on any atom is 0.344 e. The van der Waals surface area contributed by atoms with Gasteiger partial charge in [0.15, 0.2) is 0 Å². The molecule has 0 aromatic heterocycles. The van der Waals surface area contributed by atoms with Crippen LogP contribution in [0.25, 0.3) is 0 Å². The fourth-order valence-corrected chi connectivity index (χ4v) is 1.96. The summed E-state index contributed by atoms with van der Waals surface area (Å²) in [5, 5.41) is 0.683. The highest BCUT2D eigenvalue weighted by Crippen LogP contribution is 2.28. The number of benzene rings is 1. The zero-order valence-corrected chi connectivity index (χ0v) is 10.8. The van der Waals surface area contributed by atoms with E-state index in [1.807, 2.05) is 19.1 Å². The first kappa shape index (κ1) is 13.1. The third-order valence-corrected chi connectivity index (χ3v) is 3.16. The third-order valence-electron chi connectivity index (χ3n) is 1.78. The van der Waals surface area contributed by atoms with E-state index in [1.165, 1.54) is 11.8 Å². The van der Waals surface area contributed by atoms with Crippen molar-refractivity contribution in [2.45, 2.75) is 18.7 Å². The van der Waals surface area contributed by atoms with Gasteiger partial charge in [0.25, 0.3) is 0 Å². The van der Waals surface area contributed by atoms with E-state index in [1.54, 1.807) is 25.1 Å². The minimum atomic E-state index is -0.287. The molecule has 0 spiro atoms. The largest absolute Gasteiger partial charge is 0.462 e. The minimum Gasteiger partial charge on any atom is -0.462 e. The highest BCUT2D eigenvalue weighted by molar-refractivity contribution is 8.04. The van der Waals surface area contributed by atoms with Gasteiger partial charge in [0.2, 0.25) is 0 Å². The summed E-state index contributed by atoms with van der Waals surface area (Å²) in [6.45, 7) is 3.99. The number of esters is 1. The summed E-state index contributed by atoms with van der Waals surface area (Å²) in [5.74, 6) is -0.287. The Labute approximate surface area is 105 Å². The van der Waals surface area contributed by atoms with E-state index in [9.17, 15) is 4.79 Å². The van der Waals surface area contributed by atoms with Crippen molar-refractivity contribution in [2.75, 3.05) is 6.61 Å². The van der Waals surface area contributed by atoms with E-state index in [2.05, 4.69) is 0 Å². The number of thioether (sulfide) groups is 1. The Bertz CT molecular complexity index is 385. The molecule has 0 saturated heterocycles. The van der Waals surface area contributed by atoms with Gasteiger partial charge in [0, 0.05) is 9.92 Å². The van der Waals surface area contributed by atoms with Crippen molar-refractivity contribution >= 4 is 29.3 Å². The summed E-state index contributed by atoms with van der Waals surface area (Å²) < 4.78 is 4.94. The molecular formula is C12H13ClO2S. The second kappa shape index (κ2) is 6.61. The fourth-order valence-electron chi connectivity index (χ4n) is 1.05. The number of ether oxygens (including phenoxy) is 1. The molecule has 0 bridgehead atoms. The van der Waals surface area contributed by atoms with Gasteiger partial charge in [-0.1, -0.05) is 29.4 Å². The Hall–Kier alpha value is -0.930. The molecule has 0 atom stereocenters. The van der Waals surface area contributed by atoms with Crippen LogP contribution < -0.4 is 0 Å². The van der Waals surface area contributed by atoms with Crippen LogP contribution in [0.2, 0.25) is 5.02 Å². The Morgan fingerprint density at radius 1 is 1.44 bits per heavy atom. The molecule has 86 valence electrons. The summed E-state index contributed by atoms with van der Waals surface area (Å²) in [5.41, 5.74) is 0. The predicted molar refractivity (Wildman–Crippen MR) is 67.7 cm³/mol. The van der Waals surface area contributed by atoms with Crippen molar-refractivity contribution in [1.82, 2.24) is 0 Å². The van der Waals surface area contributed by atoms with Gasteiger partial charge in [-0.3, -0.25) is 0 Å². The lowest BCUT2D eigenvalue weighted by molar-refractivity contribution is -0.137. The van der Waals surface area contributed by atoms with Crippen molar-refractivity contribution < 1.29 is 9.53 Å². The molecule has 0 saturated carbocycles. The molecule has 2 nitrogen and oxygen atoms in total. The molecular weight excluding hydrogens is 244 g/mol. The highest BCUT2D eigenvalue weighted by atomic mass is 35.5. The van der Waals surface area contributed by atoms with Crippen LogP contribution in [-0.4, -0.2) is 12.6 Å². The lowest BCUT2D eigenvalue weighted by Gasteiger charge is -2.05. The average molecular weight is 257 g/mol. The first-order valence-corrected chi connectivity index (χ1v) is 6.13. The van der Waals surface area contributed by atoms with Gasteiger partial charge < -0.3 is 4.74 Å². The molecule has 16 heavy (non-hydrogen) atoms. The molecule has 0 N–H and O–H groups in total. The SMILES string of the molecule is C/C=C(/Sc1ccc(Cl)cc1)C(=O)OCC. The van der Waals surface area contributed by atoms with E-state index >= 15 is 0 Å². The predicted octanol–water partition coefficient (Wildman–Crippen LogP) is 3.90. The van der Waals surface area contributed by atoms with E-state index in [0.717, 1.165) is 4.90 Å². The third kappa shape index (κ3) is 3.91. The number of halogens is 1. The maximum absolute atomic E-state index is 11.5. The van der Waals surface area contributed by atoms with Crippen molar-refractivity contribution in [2.24, 2.45) is 0 Å². The van der Waals surface area contributed by atoms with E-state index in [-0.39, 0.29) is 5.97 Å². The summed E-state index contributed by atoms with van der Waals surface area (Å²) in [6, 6.07) is 7.33. The number of allylic oxidation sites excluding steroid dienone is 1. The second-order valence-electron chi connectivity index (χ2n) is 2.93.